The highest BCUT2D eigenvalue weighted by molar-refractivity contribution is 5.49. The van der Waals surface area contributed by atoms with Gasteiger partial charge in [-0.05, 0) is 25.3 Å². The number of likely N-dealkylation sites (tertiary alicyclic amines) is 1. The Morgan fingerprint density at radius 2 is 2.50 bits per heavy atom. The van der Waals surface area contributed by atoms with Crippen LogP contribution in [0.4, 0.5) is 0 Å². The Morgan fingerprint density at radius 3 is 3.12 bits per heavy atom. The summed E-state index contributed by atoms with van der Waals surface area (Å²) in [5.41, 5.74) is 1.09. The van der Waals surface area contributed by atoms with E-state index in [2.05, 4.69) is 4.98 Å². The molecule has 1 aromatic rings. The number of carbonyl (C=O) groups is 1. The summed E-state index contributed by atoms with van der Waals surface area (Å²) in [7, 11) is 0. The minimum atomic E-state index is 0.195. The summed E-state index contributed by atoms with van der Waals surface area (Å²) in [5, 5.41) is 0. The first-order valence-corrected chi connectivity index (χ1v) is 5.65. The molecule has 1 fully saturated rings. The predicted octanol–water partition coefficient (Wildman–Crippen LogP) is 1.77. The van der Waals surface area contributed by atoms with E-state index in [-0.39, 0.29) is 6.04 Å². The van der Waals surface area contributed by atoms with E-state index in [4.69, 9.17) is 4.74 Å². The van der Waals surface area contributed by atoms with Gasteiger partial charge in [0, 0.05) is 18.8 Å². The number of carbonyl (C=O) groups excluding carboxylic acids is 1. The van der Waals surface area contributed by atoms with Crippen molar-refractivity contribution in [2.75, 3.05) is 13.2 Å². The topological polar surface area (TPSA) is 42.4 Å². The molecule has 1 saturated heterocycles. The van der Waals surface area contributed by atoms with Crippen molar-refractivity contribution in [2.45, 2.75) is 25.8 Å². The van der Waals surface area contributed by atoms with Crippen molar-refractivity contribution >= 4 is 6.41 Å². The summed E-state index contributed by atoms with van der Waals surface area (Å²) in [5.74, 6) is 0.641. The van der Waals surface area contributed by atoms with E-state index in [1.165, 1.54) is 0 Å². The predicted molar refractivity (Wildman–Crippen MR) is 60.2 cm³/mol. The molecule has 1 amide bonds. The van der Waals surface area contributed by atoms with Crippen molar-refractivity contribution in [3.05, 3.63) is 23.9 Å². The molecule has 2 heterocycles. The molecule has 1 aliphatic rings. The molecule has 4 nitrogen and oxygen atoms in total. The van der Waals surface area contributed by atoms with Crippen LogP contribution < -0.4 is 4.74 Å². The maximum atomic E-state index is 10.8. The highest BCUT2D eigenvalue weighted by atomic mass is 16.5. The van der Waals surface area contributed by atoms with Gasteiger partial charge < -0.3 is 9.64 Å². The summed E-state index contributed by atoms with van der Waals surface area (Å²) < 4.78 is 5.28. The van der Waals surface area contributed by atoms with E-state index in [0.29, 0.717) is 12.5 Å². The van der Waals surface area contributed by atoms with Crippen molar-refractivity contribution in [1.29, 1.82) is 0 Å². The maximum absolute atomic E-state index is 10.8. The van der Waals surface area contributed by atoms with Crippen LogP contribution in [0.1, 0.15) is 31.4 Å². The standard InChI is InChI=1S/C12H16N2O2/c1-2-16-12-6-5-10(8-13-12)11-4-3-7-14(11)9-15/h5-6,8-9,11H,2-4,7H2,1H3/t11-/m0/s1. The minimum Gasteiger partial charge on any atom is -0.478 e. The lowest BCUT2D eigenvalue weighted by atomic mass is 10.1. The molecule has 86 valence electrons. The van der Waals surface area contributed by atoms with Gasteiger partial charge in [0.05, 0.1) is 12.6 Å². The molecule has 0 aromatic carbocycles. The summed E-state index contributed by atoms with van der Waals surface area (Å²) in [6, 6.07) is 4.05. The maximum Gasteiger partial charge on any atom is 0.213 e. The zero-order chi connectivity index (χ0) is 11.4. The molecule has 2 rings (SSSR count). The average Bonchev–Trinajstić information content (AvgIpc) is 2.78. The summed E-state index contributed by atoms with van der Waals surface area (Å²) in [6.45, 7) is 3.40. The van der Waals surface area contributed by atoms with Gasteiger partial charge in [0.15, 0.2) is 0 Å². The number of hydrogen-bond donors (Lipinski definition) is 0. The molecule has 0 aliphatic carbocycles. The van der Waals surface area contributed by atoms with Crippen molar-refractivity contribution in [1.82, 2.24) is 9.88 Å². The Morgan fingerprint density at radius 1 is 1.62 bits per heavy atom. The third-order valence-corrected chi connectivity index (χ3v) is 2.87. The average molecular weight is 220 g/mol. The van der Waals surface area contributed by atoms with E-state index >= 15 is 0 Å². The number of rotatable bonds is 4. The molecule has 1 aromatic heterocycles. The molecular weight excluding hydrogens is 204 g/mol. The molecule has 0 spiro atoms. The first-order valence-electron chi connectivity index (χ1n) is 5.65. The first kappa shape index (κ1) is 10.9. The second-order valence-electron chi connectivity index (χ2n) is 3.86. The molecule has 1 atom stereocenters. The summed E-state index contributed by atoms with van der Waals surface area (Å²) in [4.78, 5) is 16.9. The number of aromatic nitrogens is 1. The quantitative estimate of drug-likeness (QED) is 0.726. The first-order chi connectivity index (χ1) is 7.85. The van der Waals surface area contributed by atoms with Crippen LogP contribution in [0.3, 0.4) is 0 Å². The smallest absolute Gasteiger partial charge is 0.213 e. The van der Waals surface area contributed by atoms with Crippen molar-refractivity contribution in [2.24, 2.45) is 0 Å². The van der Waals surface area contributed by atoms with Gasteiger partial charge in [0.1, 0.15) is 0 Å². The van der Waals surface area contributed by atoms with Crippen LogP contribution in [-0.4, -0.2) is 29.4 Å². The second kappa shape index (κ2) is 4.96. The highest BCUT2D eigenvalue weighted by Crippen LogP contribution is 2.30. The van der Waals surface area contributed by atoms with Crippen LogP contribution in [0, 0.1) is 0 Å². The van der Waals surface area contributed by atoms with Gasteiger partial charge in [-0.2, -0.15) is 0 Å². The molecule has 0 N–H and O–H groups in total. The SMILES string of the molecule is CCOc1ccc([C@@H]2CCCN2C=O)cn1. The van der Waals surface area contributed by atoms with E-state index in [9.17, 15) is 4.79 Å². The van der Waals surface area contributed by atoms with Gasteiger partial charge in [-0.25, -0.2) is 4.98 Å². The largest absolute Gasteiger partial charge is 0.478 e. The molecule has 4 heteroatoms. The van der Waals surface area contributed by atoms with Crippen molar-refractivity contribution in [3.63, 3.8) is 0 Å². The summed E-state index contributed by atoms with van der Waals surface area (Å²) >= 11 is 0. The zero-order valence-electron chi connectivity index (χ0n) is 9.43. The van der Waals surface area contributed by atoms with Crippen LogP contribution in [0.5, 0.6) is 5.88 Å². The zero-order valence-corrected chi connectivity index (χ0v) is 9.43. The van der Waals surface area contributed by atoms with E-state index in [1.807, 2.05) is 24.0 Å². The highest BCUT2D eigenvalue weighted by Gasteiger charge is 2.24. The van der Waals surface area contributed by atoms with E-state index in [0.717, 1.165) is 31.4 Å². The lowest BCUT2D eigenvalue weighted by molar-refractivity contribution is -0.118. The number of pyridine rings is 1. The molecule has 16 heavy (non-hydrogen) atoms. The van der Waals surface area contributed by atoms with Gasteiger partial charge >= 0.3 is 0 Å². The van der Waals surface area contributed by atoms with E-state index in [1.54, 1.807) is 6.20 Å². The van der Waals surface area contributed by atoms with Crippen molar-refractivity contribution in [3.8, 4) is 5.88 Å². The molecule has 0 saturated carbocycles. The van der Waals surface area contributed by atoms with Gasteiger partial charge in [0.25, 0.3) is 0 Å². The minimum absolute atomic E-state index is 0.195. The van der Waals surface area contributed by atoms with Crippen LogP contribution in [0.2, 0.25) is 0 Å². The van der Waals surface area contributed by atoms with Crippen LogP contribution >= 0.6 is 0 Å². The van der Waals surface area contributed by atoms with E-state index < -0.39 is 0 Å². The van der Waals surface area contributed by atoms with Gasteiger partial charge in [-0.1, -0.05) is 6.07 Å². The fraction of sp³-hybridized carbons (Fsp3) is 0.500. The number of hydrogen-bond acceptors (Lipinski definition) is 3. The number of ether oxygens (including phenoxy) is 1. The van der Waals surface area contributed by atoms with Crippen molar-refractivity contribution < 1.29 is 9.53 Å². The fourth-order valence-corrected chi connectivity index (χ4v) is 2.10. The normalized spacial score (nSPS) is 19.8. The Balaban J connectivity index is 2.11. The number of nitrogens with zero attached hydrogens (tertiary/aromatic N) is 2. The monoisotopic (exact) mass is 220 g/mol. The molecule has 0 radical (unpaired) electrons. The lowest BCUT2D eigenvalue weighted by Crippen LogP contribution is -2.21. The van der Waals surface area contributed by atoms with Crippen LogP contribution in [0.25, 0.3) is 0 Å². The Hall–Kier alpha value is -1.58. The molecular formula is C12H16N2O2. The van der Waals surface area contributed by atoms with Gasteiger partial charge in [-0.3, -0.25) is 4.79 Å². The number of amides is 1. The van der Waals surface area contributed by atoms with Crippen LogP contribution in [-0.2, 0) is 4.79 Å². The van der Waals surface area contributed by atoms with Gasteiger partial charge in [-0.15, -0.1) is 0 Å². The van der Waals surface area contributed by atoms with Gasteiger partial charge in [0.2, 0.25) is 12.3 Å². The second-order valence-corrected chi connectivity index (χ2v) is 3.86. The van der Waals surface area contributed by atoms with Crippen LogP contribution in [0.15, 0.2) is 18.3 Å². The fourth-order valence-electron chi connectivity index (χ4n) is 2.10. The lowest BCUT2D eigenvalue weighted by Gasteiger charge is -2.19. The Bertz CT molecular complexity index is 351. The molecule has 0 unspecified atom stereocenters. The molecule has 0 bridgehead atoms. The molecule has 1 aliphatic heterocycles. The third-order valence-electron chi connectivity index (χ3n) is 2.87. The Kier molecular flexibility index (Phi) is 3.39. The Labute approximate surface area is 95.2 Å². The third kappa shape index (κ3) is 2.15. The summed E-state index contributed by atoms with van der Waals surface area (Å²) in [6.07, 6.45) is 4.82.